The molecule has 2 rings (SSSR count). The summed E-state index contributed by atoms with van der Waals surface area (Å²) in [5.41, 5.74) is 0.656. The van der Waals surface area contributed by atoms with Crippen molar-refractivity contribution in [1.82, 2.24) is 5.32 Å². The van der Waals surface area contributed by atoms with Gasteiger partial charge in [-0.15, -0.1) is 0 Å². The molecule has 0 bridgehead atoms. The van der Waals surface area contributed by atoms with E-state index in [2.05, 4.69) is 19.2 Å². The van der Waals surface area contributed by atoms with Gasteiger partial charge in [0.05, 0.1) is 6.42 Å². The summed E-state index contributed by atoms with van der Waals surface area (Å²) in [5.74, 6) is -0.0939. The van der Waals surface area contributed by atoms with Crippen LogP contribution >= 0.6 is 0 Å². The van der Waals surface area contributed by atoms with Gasteiger partial charge in [-0.1, -0.05) is 38.8 Å². The maximum atomic E-state index is 12.9. The van der Waals surface area contributed by atoms with Crippen LogP contribution in [-0.4, -0.2) is 24.0 Å². The van der Waals surface area contributed by atoms with Gasteiger partial charge < -0.3 is 10.1 Å². The molecule has 0 spiro atoms. The number of carbonyl (C=O) groups is 2. The molecular formula is C19H26FNO3. The lowest BCUT2D eigenvalue weighted by Gasteiger charge is -2.35. The Morgan fingerprint density at radius 1 is 1.25 bits per heavy atom. The van der Waals surface area contributed by atoms with E-state index >= 15 is 0 Å². The van der Waals surface area contributed by atoms with Crippen molar-refractivity contribution < 1.29 is 18.7 Å². The Morgan fingerprint density at radius 3 is 2.58 bits per heavy atom. The van der Waals surface area contributed by atoms with Crippen LogP contribution in [0.4, 0.5) is 4.39 Å². The number of halogens is 1. The third kappa shape index (κ3) is 5.05. The lowest BCUT2D eigenvalue weighted by molar-refractivity contribution is -0.154. The first-order valence-electron chi connectivity index (χ1n) is 8.61. The molecule has 0 aromatic heterocycles. The second kappa shape index (κ2) is 8.27. The van der Waals surface area contributed by atoms with Crippen molar-refractivity contribution in [1.29, 1.82) is 0 Å². The summed E-state index contributed by atoms with van der Waals surface area (Å²) in [4.78, 5) is 24.2. The number of hydrogen-bond donors (Lipinski definition) is 1. The fraction of sp³-hybridized carbons (Fsp3) is 0.579. The normalized spacial score (nSPS) is 24.9. The zero-order valence-electron chi connectivity index (χ0n) is 14.5. The summed E-state index contributed by atoms with van der Waals surface area (Å²) < 4.78 is 18.1. The number of nitrogens with one attached hydrogen (secondary N) is 1. The smallest absolute Gasteiger partial charge is 0.311 e. The average molecular weight is 335 g/mol. The Kier molecular flexibility index (Phi) is 6.35. The third-order valence-corrected chi connectivity index (χ3v) is 4.97. The molecule has 132 valence electrons. The molecule has 4 atom stereocenters. The second-order valence-corrected chi connectivity index (χ2v) is 6.82. The predicted octanol–water partition coefficient (Wildman–Crippen LogP) is 3.24. The van der Waals surface area contributed by atoms with E-state index in [0.29, 0.717) is 17.4 Å². The average Bonchev–Trinajstić information content (AvgIpc) is 2.54. The van der Waals surface area contributed by atoms with Gasteiger partial charge in [-0.2, -0.15) is 0 Å². The molecule has 1 aromatic rings. The zero-order chi connectivity index (χ0) is 17.7. The van der Waals surface area contributed by atoms with Crippen molar-refractivity contribution in [2.24, 2.45) is 11.8 Å². The van der Waals surface area contributed by atoms with E-state index in [4.69, 9.17) is 4.74 Å². The Balaban J connectivity index is 1.82. The molecule has 1 amide bonds. The molecule has 1 saturated carbocycles. The Hall–Kier alpha value is -1.91. The van der Waals surface area contributed by atoms with Crippen LogP contribution in [0.1, 0.15) is 45.6 Å². The zero-order valence-corrected chi connectivity index (χ0v) is 14.5. The van der Waals surface area contributed by atoms with Crippen molar-refractivity contribution in [3.05, 3.63) is 35.6 Å². The van der Waals surface area contributed by atoms with E-state index < -0.39 is 12.1 Å². The highest BCUT2D eigenvalue weighted by atomic mass is 19.1. The van der Waals surface area contributed by atoms with E-state index in [0.717, 1.165) is 12.8 Å². The van der Waals surface area contributed by atoms with Crippen LogP contribution in [0.5, 0.6) is 0 Å². The van der Waals surface area contributed by atoms with Crippen LogP contribution in [-0.2, 0) is 20.7 Å². The first-order chi connectivity index (χ1) is 11.4. The molecule has 0 aliphatic heterocycles. The summed E-state index contributed by atoms with van der Waals surface area (Å²) in [6.07, 6.45) is 2.45. The summed E-state index contributed by atoms with van der Waals surface area (Å²) in [6.45, 7) is 5.93. The van der Waals surface area contributed by atoms with Gasteiger partial charge in [0.1, 0.15) is 5.82 Å². The van der Waals surface area contributed by atoms with Crippen molar-refractivity contribution >= 4 is 11.9 Å². The van der Waals surface area contributed by atoms with E-state index in [-0.39, 0.29) is 24.2 Å². The molecule has 1 aliphatic carbocycles. The van der Waals surface area contributed by atoms with Gasteiger partial charge >= 0.3 is 5.97 Å². The van der Waals surface area contributed by atoms with E-state index in [9.17, 15) is 14.0 Å². The molecular weight excluding hydrogens is 309 g/mol. The maximum absolute atomic E-state index is 12.9. The van der Waals surface area contributed by atoms with Crippen molar-refractivity contribution in [3.8, 4) is 0 Å². The van der Waals surface area contributed by atoms with Crippen LogP contribution in [0.15, 0.2) is 24.3 Å². The molecule has 0 radical (unpaired) electrons. The first-order valence-corrected chi connectivity index (χ1v) is 8.61. The lowest BCUT2D eigenvalue weighted by Crippen LogP contribution is -2.47. The molecule has 0 saturated heterocycles. The molecule has 0 heterocycles. The molecule has 4 nitrogen and oxygen atoms in total. The fourth-order valence-corrected chi connectivity index (χ4v) is 3.15. The van der Waals surface area contributed by atoms with E-state index in [1.807, 2.05) is 0 Å². The predicted molar refractivity (Wildman–Crippen MR) is 89.8 cm³/mol. The summed E-state index contributed by atoms with van der Waals surface area (Å²) in [7, 11) is 0. The van der Waals surface area contributed by atoms with Gasteiger partial charge in [-0.05, 0) is 42.9 Å². The number of amides is 1. The molecule has 5 heteroatoms. The van der Waals surface area contributed by atoms with Crippen molar-refractivity contribution in [3.63, 3.8) is 0 Å². The lowest BCUT2D eigenvalue weighted by atomic mass is 9.78. The van der Waals surface area contributed by atoms with Crippen LogP contribution in [0.2, 0.25) is 0 Å². The Labute approximate surface area is 142 Å². The maximum Gasteiger partial charge on any atom is 0.311 e. The van der Waals surface area contributed by atoms with Crippen LogP contribution in [0.25, 0.3) is 0 Å². The quantitative estimate of drug-likeness (QED) is 0.841. The van der Waals surface area contributed by atoms with Gasteiger partial charge in [0, 0.05) is 6.04 Å². The molecule has 1 aromatic carbocycles. The minimum absolute atomic E-state index is 0.0226. The molecule has 0 unspecified atom stereocenters. The second-order valence-electron chi connectivity index (χ2n) is 6.82. The molecule has 1 aliphatic rings. The SMILES string of the molecule is C[C@@H]1[C@H](C)CCC[C@@H]1NC(=O)[C@@H](C)OC(=O)Cc1ccc(F)cc1. The molecule has 1 N–H and O–H groups in total. The van der Waals surface area contributed by atoms with Gasteiger partial charge in [-0.25, -0.2) is 4.39 Å². The molecule has 24 heavy (non-hydrogen) atoms. The van der Waals surface area contributed by atoms with Crippen molar-refractivity contribution in [2.45, 2.75) is 58.6 Å². The first kappa shape index (κ1) is 18.4. The third-order valence-electron chi connectivity index (χ3n) is 4.97. The van der Waals surface area contributed by atoms with Gasteiger partial charge in [0.2, 0.25) is 0 Å². The number of carbonyl (C=O) groups excluding carboxylic acids is 2. The van der Waals surface area contributed by atoms with Crippen molar-refractivity contribution in [2.75, 3.05) is 0 Å². The topological polar surface area (TPSA) is 55.4 Å². The van der Waals surface area contributed by atoms with Crippen LogP contribution < -0.4 is 5.32 Å². The van der Waals surface area contributed by atoms with Gasteiger partial charge in [0.25, 0.3) is 5.91 Å². The summed E-state index contributed by atoms with van der Waals surface area (Å²) in [6, 6.07) is 5.80. The minimum Gasteiger partial charge on any atom is -0.452 e. The number of rotatable bonds is 5. The molecule has 1 fully saturated rings. The summed E-state index contributed by atoms with van der Waals surface area (Å²) in [5, 5.41) is 3.01. The minimum atomic E-state index is -0.831. The monoisotopic (exact) mass is 335 g/mol. The Bertz CT molecular complexity index is 572. The fourth-order valence-electron chi connectivity index (χ4n) is 3.15. The largest absolute Gasteiger partial charge is 0.452 e. The van der Waals surface area contributed by atoms with Crippen LogP contribution in [0.3, 0.4) is 0 Å². The van der Waals surface area contributed by atoms with Gasteiger partial charge in [0.15, 0.2) is 6.10 Å². The van der Waals surface area contributed by atoms with E-state index in [1.54, 1.807) is 6.92 Å². The van der Waals surface area contributed by atoms with E-state index in [1.165, 1.54) is 30.7 Å². The number of esters is 1. The highest BCUT2D eigenvalue weighted by Crippen LogP contribution is 2.29. The van der Waals surface area contributed by atoms with Crippen LogP contribution in [0, 0.1) is 17.7 Å². The highest BCUT2D eigenvalue weighted by Gasteiger charge is 2.30. The standard InChI is InChI=1S/C19H26FNO3/c1-12-5-4-6-17(13(12)2)21-19(23)14(3)24-18(22)11-15-7-9-16(20)10-8-15/h7-10,12-14,17H,4-6,11H2,1-3H3,(H,21,23)/t12-,13-,14-,17+/m1/s1. The highest BCUT2D eigenvalue weighted by molar-refractivity contribution is 5.84. The summed E-state index contributed by atoms with van der Waals surface area (Å²) >= 11 is 0. The van der Waals surface area contributed by atoms with Gasteiger partial charge in [-0.3, -0.25) is 9.59 Å². The Morgan fingerprint density at radius 2 is 1.92 bits per heavy atom. The number of benzene rings is 1. The number of ether oxygens (including phenoxy) is 1. The number of hydrogen-bond acceptors (Lipinski definition) is 3.